The van der Waals surface area contributed by atoms with Crippen molar-refractivity contribution < 1.29 is 4.39 Å². The molecule has 0 spiro atoms. The Balaban J connectivity index is 1.87. The van der Waals surface area contributed by atoms with Crippen LogP contribution in [0.15, 0.2) is 65.6 Å². The number of anilines is 1. The molecular weight excluding hydrogens is 269 g/mol. The van der Waals surface area contributed by atoms with Gasteiger partial charge in [0.05, 0.1) is 0 Å². The van der Waals surface area contributed by atoms with Gasteiger partial charge in [-0.3, -0.25) is 0 Å². The summed E-state index contributed by atoms with van der Waals surface area (Å²) in [4.78, 5) is 0.632. The molecule has 2 N–H and O–H groups in total. The van der Waals surface area contributed by atoms with Crippen LogP contribution in [0.25, 0.3) is 10.8 Å². The number of hydrogen-bond acceptors (Lipinski definition) is 2. The fourth-order valence-electron chi connectivity index (χ4n) is 2.21. The van der Waals surface area contributed by atoms with Gasteiger partial charge in [-0.2, -0.15) is 0 Å². The number of thioether (sulfide) groups is 1. The summed E-state index contributed by atoms with van der Waals surface area (Å²) in [5.74, 6) is 0.484. The van der Waals surface area contributed by atoms with E-state index in [-0.39, 0.29) is 5.82 Å². The molecule has 0 atom stereocenters. The second-order valence-electron chi connectivity index (χ2n) is 4.62. The zero-order valence-electron chi connectivity index (χ0n) is 10.8. The first-order valence-electron chi connectivity index (χ1n) is 6.38. The summed E-state index contributed by atoms with van der Waals surface area (Å²) in [6, 6.07) is 19.3. The molecule has 0 saturated carbocycles. The lowest BCUT2D eigenvalue weighted by atomic mass is 10.1. The zero-order chi connectivity index (χ0) is 13.9. The summed E-state index contributed by atoms with van der Waals surface area (Å²) in [7, 11) is 0. The van der Waals surface area contributed by atoms with E-state index in [0.29, 0.717) is 10.6 Å². The van der Waals surface area contributed by atoms with E-state index in [1.54, 1.807) is 12.1 Å². The average molecular weight is 283 g/mol. The molecule has 0 radical (unpaired) electrons. The number of rotatable bonds is 3. The summed E-state index contributed by atoms with van der Waals surface area (Å²) in [6.45, 7) is 0. The van der Waals surface area contributed by atoms with E-state index in [0.717, 1.165) is 5.75 Å². The van der Waals surface area contributed by atoms with Crippen LogP contribution in [0.4, 0.5) is 10.1 Å². The topological polar surface area (TPSA) is 26.0 Å². The third-order valence-corrected chi connectivity index (χ3v) is 4.32. The molecule has 3 aromatic carbocycles. The van der Waals surface area contributed by atoms with Gasteiger partial charge in [-0.05, 0) is 34.5 Å². The number of benzene rings is 3. The van der Waals surface area contributed by atoms with Crippen molar-refractivity contribution in [2.24, 2.45) is 0 Å². The average Bonchev–Trinajstić information content (AvgIpc) is 2.46. The lowest BCUT2D eigenvalue weighted by Gasteiger charge is -2.07. The molecule has 0 amide bonds. The quantitative estimate of drug-likeness (QED) is 0.549. The maximum absolute atomic E-state index is 13.8. The number of fused-ring (bicyclic) bond motifs is 1. The second-order valence-corrected chi connectivity index (χ2v) is 5.63. The molecular formula is C17H14FNS. The van der Waals surface area contributed by atoms with Crippen LogP contribution in [0.5, 0.6) is 0 Å². The van der Waals surface area contributed by atoms with Gasteiger partial charge in [0.2, 0.25) is 0 Å². The van der Waals surface area contributed by atoms with E-state index >= 15 is 0 Å². The van der Waals surface area contributed by atoms with Gasteiger partial charge in [-0.25, -0.2) is 4.39 Å². The first-order valence-corrected chi connectivity index (χ1v) is 7.37. The highest BCUT2D eigenvalue weighted by molar-refractivity contribution is 7.98. The minimum atomic E-state index is -0.254. The lowest BCUT2D eigenvalue weighted by molar-refractivity contribution is 0.603. The van der Waals surface area contributed by atoms with Gasteiger partial charge >= 0.3 is 0 Å². The van der Waals surface area contributed by atoms with Crippen LogP contribution < -0.4 is 5.73 Å². The Hall–Kier alpha value is -2.00. The molecule has 0 heterocycles. The highest BCUT2D eigenvalue weighted by Gasteiger charge is 2.05. The molecule has 0 fully saturated rings. The molecule has 0 aliphatic heterocycles. The number of halogens is 1. The van der Waals surface area contributed by atoms with Crippen LogP contribution in [-0.2, 0) is 5.75 Å². The molecule has 0 bridgehead atoms. The smallest absolute Gasteiger partial charge is 0.138 e. The van der Waals surface area contributed by atoms with Crippen molar-refractivity contribution in [2.45, 2.75) is 10.6 Å². The Morgan fingerprint density at radius 2 is 1.75 bits per heavy atom. The van der Waals surface area contributed by atoms with Crippen molar-refractivity contribution in [1.29, 1.82) is 0 Å². The van der Waals surface area contributed by atoms with Crippen molar-refractivity contribution in [3.8, 4) is 0 Å². The summed E-state index contributed by atoms with van der Waals surface area (Å²) in [5.41, 5.74) is 7.23. The van der Waals surface area contributed by atoms with Crippen LogP contribution in [0.1, 0.15) is 5.56 Å². The molecule has 100 valence electrons. The molecule has 0 saturated heterocycles. The molecule has 20 heavy (non-hydrogen) atoms. The largest absolute Gasteiger partial charge is 0.399 e. The minimum absolute atomic E-state index is 0.254. The molecule has 3 rings (SSSR count). The van der Waals surface area contributed by atoms with Gasteiger partial charge in [0, 0.05) is 16.3 Å². The monoisotopic (exact) mass is 283 g/mol. The molecule has 0 aromatic heterocycles. The van der Waals surface area contributed by atoms with Crippen molar-refractivity contribution in [3.05, 3.63) is 72.0 Å². The number of nitrogen functional groups attached to an aromatic ring is 1. The van der Waals surface area contributed by atoms with E-state index in [2.05, 4.69) is 24.3 Å². The first kappa shape index (κ1) is 13.0. The molecule has 0 aliphatic rings. The Bertz CT molecular complexity index is 750. The Morgan fingerprint density at radius 1 is 0.950 bits per heavy atom. The molecule has 3 aromatic rings. The van der Waals surface area contributed by atoms with Crippen molar-refractivity contribution in [1.82, 2.24) is 0 Å². The van der Waals surface area contributed by atoms with E-state index in [4.69, 9.17) is 5.73 Å². The second kappa shape index (κ2) is 5.55. The maximum atomic E-state index is 13.8. The van der Waals surface area contributed by atoms with Gasteiger partial charge in [0.25, 0.3) is 0 Å². The highest BCUT2D eigenvalue weighted by Crippen LogP contribution is 2.29. The van der Waals surface area contributed by atoms with Crippen LogP contribution >= 0.6 is 11.8 Å². The molecule has 3 heteroatoms. The van der Waals surface area contributed by atoms with Gasteiger partial charge in [-0.1, -0.05) is 42.5 Å². The molecule has 1 nitrogen and oxygen atoms in total. The van der Waals surface area contributed by atoms with Gasteiger partial charge in [0.1, 0.15) is 5.82 Å². The standard InChI is InChI=1S/C17H14FNS/c18-16-10-14(19)8-9-17(16)20-11-13-6-3-5-12-4-1-2-7-15(12)13/h1-10H,11,19H2. The molecule has 0 aliphatic carbocycles. The lowest BCUT2D eigenvalue weighted by Crippen LogP contribution is -1.89. The zero-order valence-corrected chi connectivity index (χ0v) is 11.7. The fourth-order valence-corrected chi connectivity index (χ4v) is 3.13. The molecule has 0 unspecified atom stereocenters. The van der Waals surface area contributed by atoms with Gasteiger partial charge < -0.3 is 5.73 Å². The summed E-state index contributed by atoms with van der Waals surface area (Å²) < 4.78 is 13.8. The maximum Gasteiger partial charge on any atom is 0.138 e. The number of hydrogen-bond donors (Lipinski definition) is 1. The van der Waals surface area contributed by atoms with E-state index in [1.165, 1.54) is 34.2 Å². The van der Waals surface area contributed by atoms with Crippen LogP contribution in [0.3, 0.4) is 0 Å². The van der Waals surface area contributed by atoms with Crippen LogP contribution in [0.2, 0.25) is 0 Å². The van der Waals surface area contributed by atoms with E-state index in [9.17, 15) is 4.39 Å². The summed E-state index contributed by atoms with van der Waals surface area (Å²) in [6.07, 6.45) is 0. The van der Waals surface area contributed by atoms with Crippen molar-refractivity contribution in [2.75, 3.05) is 5.73 Å². The SMILES string of the molecule is Nc1ccc(SCc2cccc3ccccc23)c(F)c1. The third kappa shape index (κ3) is 2.63. The summed E-state index contributed by atoms with van der Waals surface area (Å²) in [5, 5.41) is 2.43. The first-order chi connectivity index (χ1) is 9.74. The third-order valence-electron chi connectivity index (χ3n) is 3.22. The normalized spacial score (nSPS) is 10.8. The Morgan fingerprint density at radius 3 is 2.60 bits per heavy atom. The fraction of sp³-hybridized carbons (Fsp3) is 0.0588. The summed E-state index contributed by atoms with van der Waals surface area (Å²) >= 11 is 1.49. The van der Waals surface area contributed by atoms with Crippen LogP contribution in [-0.4, -0.2) is 0 Å². The van der Waals surface area contributed by atoms with E-state index < -0.39 is 0 Å². The van der Waals surface area contributed by atoms with E-state index in [1.807, 2.05) is 18.2 Å². The predicted octanol–water partition coefficient (Wildman–Crippen LogP) is 4.85. The van der Waals surface area contributed by atoms with Crippen molar-refractivity contribution >= 4 is 28.2 Å². The van der Waals surface area contributed by atoms with Crippen molar-refractivity contribution in [3.63, 3.8) is 0 Å². The van der Waals surface area contributed by atoms with Gasteiger partial charge in [-0.15, -0.1) is 11.8 Å². The van der Waals surface area contributed by atoms with Gasteiger partial charge in [0.15, 0.2) is 0 Å². The Labute approximate surface area is 121 Å². The minimum Gasteiger partial charge on any atom is -0.399 e. The predicted molar refractivity (Wildman–Crippen MR) is 84.3 cm³/mol. The van der Waals surface area contributed by atoms with Crippen LogP contribution in [0, 0.1) is 5.82 Å². The number of nitrogens with two attached hydrogens (primary N) is 1. The Kier molecular flexibility index (Phi) is 3.61. The highest BCUT2D eigenvalue weighted by atomic mass is 32.2.